The molecule has 0 aromatic carbocycles. The molecule has 0 radical (unpaired) electrons. The summed E-state index contributed by atoms with van der Waals surface area (Å²) < 4.78 is 1.88. The highest BCUT2D eigenvalue weighted by atomic mass is 15.3. The Bertz CT molecular complexity index is 363. The van der Waals surface area contributed by atoms with Gasteiger partial charge in [0.15, 0.2) is 0 Å². The van der Waals surface area contributed by atoms with E-state index in [4.69, 9.17) is 5.26 Å². The standard InChI is InChI=1S/C11H16N4/c1-2-9-4-3-5-10(6-9)15-8-13-11(7-12)14-15/h8-10H,2-6H2,1H3. The van der Waals surface area contributed by atoms with Crippen LogP contribution >= 0.6 is 0 Å². The van der Waals surface area contributed by atoms with Gasteiger partial charge in [0, 0.05) is 0 Å². The number of hydrogen-bond acceptors (Lipinski definition) is 3. The minimum absolute atomic E-state index is 0.286. The summed E-state index contributed by atoms with van der Waals surface area (Å²) in [6.07, 6.45) is 7.91. The molecular formula is C11H16N4. The van der Waals surface area contributed by atoms with Crippen LogP contribution in [0.3, 0.4) is 0 Å². The second-order valence-electron chi connectivity index (χ2n) is 4.25. The lowest BCUT2D eigenvalue weighted by atomic mass is 9.84. The summed E-state index contributed by atoms with van der Waals surface area (Å²) in [5.41, 5.74) is 0. The van der Waals surface area contributed by atoms with Gasteiger partial charge in [0.2, 0.25) is 0 Å². The highest BCUT2D eigenvalue weighted by Gasteiger charge is 2.22. The SMILES string of the molecule is CCC1CCCC(n2cnc(C#N)n2)C1. The first kappa shape index (κ1) is 10.2. The van der Waals surface area contributed by atoms with Crippen LogP contribution in [0.4, 0.5) is 0 Å². The van der Waals surface area contributed by atoms with Gasteiger partial charge in [0.25, 0.3) is 5.82 Å². The zero-order valence-electron chi connectivity index (χ0n) is 9.06. The quantitative estimate of drug-likeness (QED) is 0.742. The van der Waals surface area contributed by atoms with Gasteiger partial charge in [-0.25, -0.2) is 9.67 Å². The lowest BCUT2D eigenvalue weighted by Gasteiger charge is -2.28. The molecule has 1 aliphatic rings. The molecule has 2 unspecified atom stereocenters. The van der Waals surface area contributed by atoms with Crippen LogP contribution in [0.2, 0.25) is 0 Å². The maximum absolute atomic E-state index is 8.66. The van der Waals surface area contributed by atoms with Crippen molar-refractivity contribution in [1.29, 1.82) is 5.26 Å². The van der Waals surface area contributed by atoms with Crippen molar-refractivity contribution < 1.29 is 0 Å². The van der Waals surface area contributed by atoms with Gasteiger partial charge in [-0.2, -0.15) is 5.26 Å². The highest BCUT2D eigenvalue weighted by Crippen LogP contribution is 2.33. The van der Waals surface area contributed by atoms with Gasteiger partial charge < -0.3 is 0 Å². The first-order valence-electron chi connectivity index (χ1n) is 5.64. The molecule has 0 bridgehead atoms. The minimum Gasteiger partial charge on any atom is -0.249 e. The molecule has 1 aromatic rings. The molecule has 1 aliphatic carbocycles. The lowest BCUT2D eigenvalue weighted by Crippen LogP contribution is -2.19. The van der Waals surface area contributed by atoms with Gasteiger partial charge in [-0.15, -0.1) is 5.10 Å². The van der Waals surface area contributed by atoms with E-state index < -0.39 is 0 Å². The number of rotatable bonds is 2. The Balaban J connectivity index is 2.07. The molecule has 1 aromatic heterocycles. The molecule has 15 heavy (non-hydrogen) atoms. The van der Waals surface area contributed by atoms with E-state index in [0.29, 0.717) is 6.04 Å². The molecule has 4 nitrogen and oxygen atoms in total. The molecular weight excluding hydrogens is 188 g/mol. The summed E-state index contributed by atoms with van der Waals surface area (Å²) in [6, 6.07) is 2.43. The average molecular weight is 204 g/mol. The van der Waals surface area contributed by atoms with Crippen LogP contribution in [0.5, 0.6) is 0 Å². The van der Waals surface area contributed by atoms with Crippen LogP contribution < -0.4 is 0 Å². The van der Waals surface area contributed by atoms with Crippen molar-refractivity contribution in [2.24, 2.45) is 5.92 Å². The van der Waals surface area contributed by atoms with Crippen LogP contribution in [-0.4, -0.2) is 14.8 Å². The van der Waals surface area contributed by atoms with Gasteiger partial charge in [-0.1, -0.05) is 26.2 Å². The van der Waals surface area contributed by atoms with Crippen LogP contribution in [0.15, 0.2) is 6.33 Å². The van der Waals surface area contributed by atoms with E-state index in [1.807, 2.05) is 10.8 Å². The first-order valence-corrected chi connectivity index (χ1v) is 5.64. The summed E-state index contributed by atoms with van der Waals surface area (Å²) in [5.74, 6) is 1.10. The summed E-state index contributed by atoms with van der Waals surface area (Å²) in [7, 11) is 0. The molecule has 1 fully saturated rings. The van der Waals surface area contributed by atoms with Crippen LogP contribution in [0, 0.1) is 17.2 Å². The molecule has 0 spiro atoms. The maximum atomic E-state index is 8.66. The average Bonchev–Trinajstić information content (AvgIpc) is 2.78. The number of aromatic nitrogens is 3. The van der Waals surface area contributed by atoms with E-state index in [9.17, 15) is 0 Å². The van der Waals surface area contributed by atoms with E-state index in [2.05, 4.69) is 17.0 Å². The molecule has 0 amide bonds. The predicted molar refractivity (Wildman–Crippen MR) is 56.0 cm³/mol. The van der Waals surface area contributed by atoms with E-state index in [-0.39, 0.29) is 5.82 Å². The third kappa shape index (κ3) is 2.17. The smallest absolute Gasteiger partial charge is 0.249 e. The van der Waals surface area contributed by atoms with Crippen LogP contribution in [0.1, 0.15) is 50.9 Å². The number of nitrogens with zero attached hydrogens (tertiary/aromatic N) is 4. The van der Waals surface area contributed by atoms with E-state index in [1.54, 1.807) is 6.33 Å². The van der Waals surface area contributed by atoms with Gasteiger partial charge in [0.1, 0.15) is 12.4 Å². The molecule has 1 heterocycles. The maximum Gasteiger partial charge on any atom is 0.252 e. The largest absolute Gasteiger partial charge is 0.252 e. The summed E-state index contributed by atoms with van der Waals surface area (Å²) >= 11 is 0. The van der Waals surface area contributed by atoms with Gasteiger partial charge in [-0.3, -0.25) is 0 Å². The minimum atomic E-state index is 0.286. The second-order valence-corrected chi connectivity index (χ2v) is 4.25. The second kappa shape index (κ2) is 4.43. The number of nitriles is 1. The third-order valence-electron chi connectivity index (χ3n) is 3.32. The molecule has 80 valence electrons. The Kier molecular flexibility index (Phi) is 3.00. The molecule has 2 atom stereocenters. The topological polar surface area (TPSA) is 54.5 Å². The van der Waals surface area contributed by atoms with Crippen molar-refractivity contribution in [2.45, 2.75) is 45.1 Å². The fourth-order valence-corrected chi connectivity index (χ4v) is 2.38. The fraction of sp³-hybridized carbons (Fsp3) is 0.727. The molecule has 0 aliphatic heterocycles. The predicted octanol–water partition coefficient (Wildman–Crippen LogP) is 2.29. The number of hydrogen-bond donors (Lipinski definition) is 0. The highest BCUT2D eigenvalue weighted by molar-refractivity contribution is 5.05. The summed E-state index contributed by atoms with van der Waals surface area (Å²) in [6.45, 7) is 2.25. The summed E-state index contributed by atoms with van der Waals surface area (Å²) in [4.78, 5) is 3.95. The Morgan fingerprint density at radius 2 is 2.47 bits per heavy atom. The van der Waals surface area contributed by atoms with E-state index >= 15 is 0 Å². The Morgan fingerprint density at radius 3 is 3.13 bits per heavy atom. The molecule has 4 heteroatoms. The van der Waals surface area contributed by atoms with E-state index in [1.165, 1.54) is 32.1 Å². The van der Waals surface area contributed by atoms with Crippen molar-refractivity contribution in [1.82, 2.24) is 14.8 Å². The first-order chi connectivity index (χ1) is 7.33. The summed E-state index contributed by atoms with van der Waals surface area (Å²) in [5, 5.41) is 12.8. The van der Waals surface area contributed by atoms with Gasteiger partial charge in [0.05, 0.1) is 6.04 Å². The Hall–Kier alpha value is -1.37. The third-order valence-corrected chi connectivity index (χ3v) is 3.32. The van der Waals surface area contributed by atoms with Gasteiger partial charge >= 0.3 is 0 Å². The molecule has 2 rings (SSSR count). The normalized spacial score (nSPS) is 26.1. The molecule has 0 saturated heterocycles. The molecule has 1 saturated carbocycles. The van der Waals surface area contributed by atoms with Crippen LogP contribution in [0.25, 0.3) is 0 Å². The zero-order valence-corrected chi connectivity index (χ0v) is 9.06. The monoisotopic (exact) mass is 204 g/mol. The van der Waals surface area contributed by atoms with Crippen molar-refractivity contribution in [3.05, 3.63) is 12.2 Å². The van der Waals surface area contributed by atoms with Crippen molar-refractivity contribution in [2.75, 3.05) is 0 Å². The fourth-order valence-electron chi connectivity index (χ4n) is 2.38. The zero-order chi connectivity index (χ0) is 10.7. The van der Waals surface area contributed by atoms with Crippen LogP contribution in [-0.2, 0) is 0 Å². The lowest BCUT2D eigenvalue weighted by molar-refractivity contribution is 0.247. The van der Waals surface area contributed by atoms with Crippen molar-refractivity contribution >= 4 is 0 Å². The molecule has 0 N–H and O–H groups in total. The Morgan fingerprint density at radius 1 is 1.60 bits per heavy atom. The van der Waals surface area contributed by atoms with Gasteiger partial charge in [-0.05, 0) is 18.8 Å². The van der Waals surface area contributed by atoms with E-state index in [0.717, 1.165) is 5.92 Å². The Labute approximate surface area is 89.9 Å². The van der Waals surface area contributed by atoms with Crippen molar-refractivity contribution in [3.8, 4) is 6.07 Å². The van der Waals surface area contributed by atoms with Crippen molar-refractivity contribution in [3.63, 3.8) is 0 Å².